The molecule has 2 rings (SSSR count). The summed E-state index contributed by atoms with van der Waals surface area (Å²) in [6.45, 7) is -0.708. The van der Waals surface area contributed by atoms with Gasteiger partial charge in [-0.15, -0.1) is 0 Å². The first-order valence-electron chi connectivity index (χ1n) is 5.67. The predicted molar refractivity (Wildman–Crippen MR) is 68.0 cm³/mol. The Morgan fingerprint density at radius 3 is 1.61 bits per heavy atom. The molecular weight excluding hydrogens is 228 g/mol. The van der Waals surface area contributed by atoms with Crippen molar-refractivity contribution in [2.75, 3.05) is 6.61 Å². The largest absolute Gasteiger partial charge is 0.388 e. The number of benzene rings is 2. The van der Waals surface area contributed by atoms with E-state index in [1.54, 1.807) is 60.7 Å². The van der Waals surface area contributed by atoms with Gasteiger partial charge in [0.2, 0.25) is 0 Å². The van der Waals surface area contributed by atoms with Crippen molar-refractivity contribution in [2.24, 2.45) is 0 Å². The molecule has 0 spiro atoms. The fourth-order valence-corrected chi connectivity index (χ4v) is 1.96. The van der Waals surface area contributed by atoms with Crippen LogP contribution < -0.4 is 0 Å². The van der Waals surface area contributed by atoms with Crippen LogP contribution in [0.2, 0.25) is 0 Å². The highest BCUT2D eigenvalue weighted by atomic mass is 16.3. The van der Waals surface area contributed by atoms with Crippen LogP contribution >= 0.6 is 0 Å². The van der Waals surface area contributed by atoms with Crippen LogP contribution in [0.5, 0.6) is 0 Å². The molecule has 0 fully saturated rings. The minimum absolute atomic E-state index is 0.454. The van der Waals surface area contributed by atoms with Crippen LogP contribution in [0.4, 0.5) is 0 Å². The Morgan fingerprint density at radius 2 is 1.28 bits per heavy atom. The minimum atomic E-state index is -1.79. The van der Waals surface area contributed by atoms with E-state index < -0.39 is 18.0 Å². The first-order chi connectivity index (χ1) is 8.69. The van der Waals surface area contributed by atoms with Crippen LogP contribution in [-0.2, 0) is 10.4 Å². The summed E-state index contributed by atoms with van der Waals surface area (Å²) in [5.74, 6) is -0.639. The number of carbonyl (C=O) groups is 1. The van der Waals surface area contributed by atoms with E-state index in [1.165, 1.54) is 0 Å². The predicted octanol–water partition coefficient (Wildman–Crippen LogP) is 1.48. The van der Waals surface area contributed by atoms with Gasteiger partial charge < -0.3 is 10.2 Å². The average molecular weight is 242 g/mol. The maximum Gasteiger partial charge on any atom is 0.198 e. The first kappa shape index (κ1) is 12.5. The molecule has 0 radical (unpaired) electrons. The number of hydrogen-bond donors (Lipinski definition) is 2. The van der Waals surface area contributed by atoms with Crippen LogP contribution in [0.3, 0.4) is 0 Å². The molecule has 2 N–H and O–H groups in total. The molecular formula is C15H14O3. The fourth-order valence-electron chi connectivity index (χ4n) is 1.96. The number of aliphatic hydroxyl groups excluding tert-OH is 1. The monoisotopic (exact) mass is 242 g/mol. The number of aliphatic hydroxyl groups is 2. The summed E-state index contributed by atoms with van der Waals surface area (Å²) in [6, 6.07) is 17.3. The van der Waals surface area contributed by atoms with Gasteiger partial charge in [0.05, 0.1) is 0 Å². The standard InChI is InChI=1S/C15H14O3/c16-11-14(17)15(18,12-7-3-1-4-8-12)13-9-5-2-6-10-13/h1-10,16,18H,11H2. The van der Waals surface area contributed by atoms with E-state index in [2.05, 4.69) is 0 Å². The Hall–Kier alpha value is -1.97. The smallest absolute Gasteiger partial charge is 0.198 e. The van der Waals surface area contributed by atoms with Crippen molar-refractivity contribution in [3.63, 3.8) is 0 Å². The lowest BCUT2D eigenvalue weighted by atomic mass is 9.83. The Kier molecular flexibility index (Phi) is 3.55. The molecule has 0 bridgehead atoms. The van der Waals surface area contributed by atoms with Crippen molar-refractivity contribution in [3.05, 3.63) is 71.8 Å². The number of ketones is 1. The van der Waals surface area contributed by atoms with Gasteiger partial charge in [-0.3, -0.25) is 4.79 Å². The van der Waals surface area contributed by atoms with Gasteiger partial charge in [0, 0.05) is 0 Å². The summed E-state index contributed by atoms with van der Waals surface area (Å²) >= 11 is 0. The van der Waals surface area contributed by atoms with Gasteiger partial charge in [-0.05, 0) is 11.1 Å². The molecule has 0 unspecified atom stereocenters. The van der Waals surface area contributed by atoms with Gasteiger partial charge in [-0.1, -0.05) is 60.7 Å². The van der Waals surface area contributed by atoms with Gasteiger partial charge >= 0.3 is 0 Å². The average Bonchev–Trinajstić information content (AvgIpc) is 2.47. The van der Waals surface area contributed by atoms with E-state index in [1.807, 2.05) is 0 Å². The van der Waals surface area contributed by atoms with Crippen molar-refractivity contribution in [1.29, 1.82) is 0 Å². The van der Waals surface area contributed by atoms with Crippen LogP contribution in [0.25, 0.3) is 0 Å². The summed E-state index contributed by atoms with van der Waals surface area (Å²) in [7, 11) is 0. The van der Waals surface area contributed by atoms with Gasteiger partial charge in [-0.2, -0.15) is 0 Å². The maximum atomic E-state index is 11.9. The normalized spacial score (nSPS) is 11.2. The maximum absolute atomic E-state index is 11.9. The molecule has 0 aliphatic heterocycles. The highest BCUT2D eigenvalue weighted by Crippen LogP contribution is 2.30. The third-order valence-corrected chi connectivity index (χ3v) is 2.93. The second-order valence-electron chi connectivity index (χ2n) is 4.02. The Labute approximate surface area is 105 Å². The number of hydrogen-bond acceptors (Lipinski definition) is 3. The van der Waals surface area contributed by atoms with E-state index in [-0.39, 0.29) is 0 Å². The van der Waals surface area contributed by atoms with E-state index in [0.29, 0.717) is 11.1 Å². The van der Waals surface area contributed by atoms with Crippen LogP contribution in [-0.4, -0.2) is 22.6 Å². The third kappa shape index (κ3) is 2.06. The van der Waals surface area contributed by atoms with E-state index >= 15 is 0 Å². The second kappa shape index (κ2) is 5.12. The summed E-state index contributed by atoms with van der Waals surface area (Å²) in [5, 5.41) is 19.8. The quantitative estimate of drug-likeness (QED) is 0.854. The van der Waals surface area contributed by atoms with E-state index in [4.69, 9.17) is 5.11 Å². The summed E-state index contributed by atoms with van der Waals surface area (Å²) in [6.07, 6.45) is 0. The molecule has 2 aromatic carbocycles. The lowest BCUT2D eigenvalue weighted by Crippen LogP contribution is -2.38. The summed E-state index contributed by atoms with van der Waals surface area (Å²) in [4.78, 5) is 11.9. The molecule has 0 saturated carbocycles. The van der Waals surface area contributed by atoms with Gasteiger partial charge in [-0.25, -0.2) is 0 Å². The molecule has 0 saturated heterocycles. The molecule has 18 heavy (non-hydrogen) atoms. The van der Waals surface area contributed by atoms with Crippen molar-refractivity contribution < 1.29 is 15.0 Å². The molecule has 0 heterocycles. The van der Waals surface area contributed by atoms with Gasteiger partial charge in [0.15, 0.2) is 11.4 Å². The molecule has 0 aliphatic rings. The molecule has 3 heteroatoms. The van der Waals surface area contributed by atoms with E-state index in [0.717, 1.165) is 0 Å². The van der Waals surface area contributed by atoms with Crippen LogP contribution in [0.15, 0.2) is 60.7 Å². The van der Waals surface area contributed by atoms with Gasteiger partial charge in [0.1, 0.15) is 6.61 Å². The zero-order chi connectivity index (χ0) is 13.0. The molecule has 3 nitrogen and oxygen atoms in total. The zero-order valence-corrected chi connectivity index (χ0v) is 9.78. The molecule has 0 aromatic heterocycles. The lowest BCUT2D eigenvalue weighted by molar-refractivity contribution is -0.137. The Morgan fingerprint density at radius 1 is 0.889 bits per heavy atom. The number of carbonyl (C=O) groups excluding carboxylic acids is 1. The summed E-state index contributed by atoms with van der Waals surface area (Å²) < 4.78 is 0. The van der Waals surface area contributed by atoms with Crippen LogP contribution in [0, 0.1) is 0 Å². The first-order valence-corrected chi connectivity index (χ1v) is 5.67. The molecule has 2 aromatic rings. The molecule has 0 aliphatic carbocycles. The lowest BCUT2D eigenvalue weighted by Gasteiger charge is -2.27. The van der Waals surface area contributed by atoms with Crippen molar-refractivity contribution in [2.45, 2.75) is 5.60 Å². The van der Waals surface area contributed by atoms with Crippen molar-refractivity contribution in [1.82, 2.24) is 0 Å². The van der Waals surface area contributed by atoms with Gasteiger partial charge in [0.25, 0.3) is 0 Å². The molecule has 0 atom stereocenters. The highest BCUT2D eigenvalue weighted by molar-refractivity contribution is 5.92. The third-order valence-electron chi connectivity index (χ3n) is 2.93. The topological polar surface area (TPSA) is 57.5 Å². The SMILES string of the molecule is O=C(CO)C(O)(c1ccccc1)c1ccccc1. The van der Waals surface area contributed by atoms with Crippen LogP contribution in [0.1, 0.15) is 11.1 Å². The minimum Gasteiger partial charge on any atom is -0.388 e. The number of rotatable bonds is 4. The zero-order valence-electron chi connectivity index (χ0n) is 9.78. The molecule has 0 amide bonds. The Balaban J connectivity index is 2.59. The van der Waals surface area contributed by atoms with E-state index in [9.17, 15) is 9.90 Å². The highest BCUT2D eigenvalue weighted by Gasteiger charge is 2.38. The number of Topliss-reactive ketones (excluding diaryl/α,β-unsaturated/α-hetero) is 1. The Bertz CT molecular complexity index is 480. The van der Waals surface area contributed by atoms with Crippen molar-refractivity contribution in [3.8, 4) is 0 Å². The second-order valence-corrected chi connectivity index (χ2v) is 4.02. The fraction of sp³-hybridized carbons (Fsp3) is 0.133. The summed E-state index contributed by atoms with van der Waals surface area (Å²) in [5.41, 5.74) is -0.887. The van der Waals surface area contributed by atoms with Crippen molar-refractivity contribution >= 4 is 5.78 Å². The molecule has 92 valence electrons.